The molecule has 1 amide bonds. The van der Waals surface area contributed by atoms with Gasteiger partial charge in [-0.3, -0.25) is 9.78 Å². The Hall–Kier alpha value is -2.69. The van der Waals surface area contributed by atoms with Gasteiger partial charge in [0.05, 0.1) is 11.3 Å². The van der Waals surface area contributed by atoms with E-state index in [9.17, 15) is 4.79 Å². The number of amides is 1. The molecule has 2 N–H and O–H groups in total. The van der Waals surface area contributed by atoms with Crippen LogP contribution in [0.5, 0.6) is 0 Å². The normalized spacial score (nSPS) is 11.1. The highest BCUT2D eigenvalue weighted by atomic mass is 16.4. The van der Waals surface area contributed by atoms with Gasteiger partial charge >= 0.3 is 0 Å². The van der Waals surface area contributed by atoms with Crippen LogP contribution < -0.4 is 5.32 Å². The number of nitrogens with zero attached hydrogens (tertiary/aromatic N) is 2. The van der Waals surface area contributed by atoms with Gasteiger partial charge in [0.25, 0.3) is 5.91 Å². The van der Waals surface area contributed by atoms with Gasteiger partial charge < -0.3 is 10.5 Å². The average molecular weight is 255 g/mol. The fourth-order valence-electron chi connectivity index (χ4n) is 1.55. The smallest absolute Gasteiger partial charge is 0.257 e. The molecular formula is C14H13N3O2. The minimum absolute atomic E-state index is 0.214. The summed E-state index contributed by atoms with van der Waals surface area (Å²) < 4.78 is 0. The summed E-state index contributed by atoms with van der Waals surface area (Å²) in [6.45, 7) is 1.70. The summed E-state index contributed by atoms with van der Waals surface area (Å²) in [5.41, 5.74) is 2.48. The molecule has 0 saturated heterocycles. The molecule has 0 unspecified atom stereocenters. The molecule has 5 heteroatoms. The highest BCUT2D eigenvalue weighted by Gasteiger charge is 2.05. The topological polar surface area (TPSA) is 74.6 Å². The van der Waals surface area contributed by atoms with E-state index in [4.69, 9.17) is 5.21 Å². The third-order valence-electron chi connectivity index (χ3n) is 2.63. The van der Waals surface area contributed by atoms with Crippen molar-refractivity contribution in [1.82, 2.24) is 4.98 Å². The Morgan fingerprint density at radius 1 is 1.21 bits per heavy atom. The van der Waals surface area contributed by atoms with Crippen LogP contribution in [0.4, 0.5) is 5.69 Å². The maximum Gasteiger partial charge on any atom is 0.257 e. The van der Waals surface area contributed by atoms with Crippen LogP contribution in [0.3, 0.4) is 0 Å². The Labute approximate surface area is 110 Å². The van der Waals surface area contributed by atoms with Gasteiger partial charge in [-0.2, -0.15) is 0 Å². The monoisotopic (exact) mass is 255 g/mol. The molecule has 96 valence electrons. The zero-order valence-corrected chi connectivity index (χ0v) is 10.4. The maximum atomic E-state index is 11.9. The van der Waals surface area contributed by atoms with Crippen LogP contribution in [0.1, 0.15) is 22.8 Å². The number of anilines is 1. The predicted octanol–water partition coefficient (Wildman–Crippen LogP) is 2.53. The van der Waals surface area contributed by atoms with Crippen molar-refractivity contribution >= 4 is 17.3 Å². The second-order valence-corrected chi connectivity index (χ2v) is 3.96. The second-order valence-electron chi connectivity index (χ2n) is 3.96. The molecule has 5 nitrogen and oxygen atoms in total. The third-order valence-corrected chi connectivity index (χ3v) is 2.63. The molecule has 0 fully saturated rings. The number of pyridine rings is 1. The zero-order chi connectivity index (χ0) is 13.7. The Balaban J connectivity index is 2.10. The predicted molar refractivity (Wildman–Crippen MR) is 72.6 cm³/mol. The van der Waals surface area contributed by atoms with Crippen LogP contribution >= 0.6 is 0 Å². The number of carbonyl (C=O) groups excluding carboxylic acids is 1. The SMILES string of the molecule is C/C(=N\O)c1ccc(NC(=O)c2cccnc2)cc1. The Morgan fingerprint density at radius 2 is 1.95 bits per heavy atom. The van der Waals surface area contributed by atoms with Crippen molar-refractivity contribution in [3.8, 4) is 0 Å². The van der Waals surface area contributed by atoms with Gasteiger partial charge in [0, 0.05) is 18.1 Å². The first-order valence-corrected chi connectivity index (χ1v) is 5.71. The third kappa shape index (κ3) is 3.16. The lowest BCUT2D eigenvalue weighted by Gasteiger charge is -2.05. The van der Waals surface area contributed by atoms with E-state index in [2.05, 4.69) is 15.5 Å². The van der Waals surface area contributed by atoms with Crippen LogP contribution in [0.15, 0.2) is 53.9 Å². The number of aromatic nitrogens is 1. The molecule has 0 aliphatic heterocycles. The van der Waals surface area contributed by atoms with Gasteiger partial charge in [-0.15, -0.1) is 0 Å². The summed E-state index contributed by atoms with van der Waals surface area (Å²) in [5, 5.41) is 14.5. The maximum absolute atomic E-state index is 11.9. The first kappa shape index (κ1) is 12.8. The van der Waals surface area contributed by atoms with Crippen molar-refractivity contribution < 1.29 is 10.0 Å². The molecule has 0 spiro atoms. The lowest BCUT2D eigenvalue weighted by molar-refractivity contribution is 0.102. The highest BCUT2D eigenvalue weighted by Crippen LogP contribution is 2.11. The van der Waals surface area contributed by atoms with E-state index in [1.807, 2.05) is 0 Å². The van der Waals surface area contributed by atoms with Crippen molar-refractivity contribution in [3.05, 3.63) is 59.9 Å². The summed E-state index contributed by atoms with van der Waals surface area (Å²) in [4.78, 5) is 15.8. The van der Waals surface area contributed by atoms with E-state index in [0.717, 1.165) is 5.56 Å². The molecule has 0 radical (unpaired) electrons. The number of benzene rings is 1. The Kier molecular flexibility index (Phi) is 3.87. The highest BCUT2D eigenvalue weighted by molar-refractivity contribution is 6.04. The van der Waals surface area contributed by atoms with Crippen molar-refractivity contribution in [1.29, 1.82) is 0 Å². The molecule has 1 aromatic carbocycles. The van der Waals surface area contributed by atoms with E-state index >= 15 is 0 Å². The molecule has 0 bridgehead atoms. The van der Waals surface area contributed by atoms with Crippen LogP contribution in [-0.4, -0.2) is 21.8 Å². The fourth-order valence-corrected chi connectivity index (χ4v) is 1.55. The Morgan fingerprint density at radius 3 is 2.53 bits per heavy atom. The van der Waals surface area contributed by atoms with E-state index in [0.29, 0.717) is 17.0 Å². The lowest BCUT2D eigenvalue weighted by atomic mass is 10.1. The Bertz CT molecular complexity index is 592. The van der Waals surface area contributed by atoms with E-state index < -0.39 is 0 Å². The summed E-state index contributed by atoms with van der Waals surface area (Å²) >= 11 is 0. The fraction of sp³-hybridized carbons (Fsp3) is 0.0714. The minimum Gasteiger partial charge on any atom is -0.411 e. The largest absolute Gasteiger partial charge is 0.411 e. The lowest BCUT2D eigenvalue weighted by Crippen LogP contribution is -2.12. The van der Waals surface area contributed by atoms with Crippen LogP contribution in [0, 0.1) is 0 Å². The summed E-state index contributed by atoms with van der Waals surface area (Å²) in [6.07, 6.45) is 3.12. The molecule has 19 heavy (non-hydrogen) atoms. The quantitative estimate of drug-likeness (QED) is 0.502. The van der Waals surface area contributed by atoms with Gasteiger partial charge in [0.15, 0.2) is 0 Å². The van der Waals surface area contributed by atoms with Gasteiger partial charge in [-0.05, 0) is 36.8 Å². The van der Waals surface area contributed by atoms with E-state index in [1.54, 1.807) is 49.5 Å². The molecular weight excluding hydrogens is 242 g/mol. The number of rotatable bonds is 3. The van der Waals surface area contributed by atoms with Gasteiger partial charge in [-0.25, -0.2) is 0 Å². The van der Waals surface area contributed by atoms with E-state index in [1.165, 1.54) is 6.20 Å². The zero-order valence-electron chi connectivity index (χ0n) is 10.4. The molecule has 0 atom stereocenters. The number of hydrogen-bond acceptors (Lipinski definition) is 4. The number of nitrogens with one attached hydrogen (secondary N) is 1. The molecule has 2 rings (SSSR count). The first-order valence-electron chi connectivity index (χ1n) is 5.71. The van der Waals surface area contributed by atoms with Crippen molar-refractivity contribution in [3.63, 3.8) is 0 Å². The minimum atomic E-state index is -0.214. The summed E-state index contributed by atoms with van der Waals surface area (Å²) in [5.74, 6) is -0.214. The second kappa shape index (κ2) is 5.77. The molecule has 0 aliphatic carbocycles. The van der Waals surface area contributed by atoms with Gasteiger partial charge in [0.1, 0.15) is 0 Å². The molecule has 1 heterocycles. The molecule has 0 saturated carbocycles. The molecule has 1 aromatic heterocycles. The van der Waals surface area contributed by atoms with Crippen LogP contribution in [0.25, 0.3) is 0 Å². The van der Waals surface area contributed by atoms with Crippen LogP contribution in [0.2, 0.25) is 0 Å². The van der Waals surface area contributed by atoms with Gasteiger partial charge in [-0.1, -0.05) is 17.3 Å². The van der Waals surface area contributed by atoms with Crippen molar-refractivity contribution in [2.45, 2.75) is 6.92 Å². The van der Waals surface area contributed by atoms with E-state index in [-0.39, 0.29) is 5.91 Å². The number of carbonyl (C=O) groups is 1. The van der Waals surface area contributed by atoms with Crippen LogP contribution in [-0.2, 0) is 0 Å². The first-order chi connectivity index (χ1) is 9.20. The summed E-state index contributed by atoms with van der Waals surface area (Å²) in [7, 11) is 0. The number of oxime groups is 1. The van der Waals surface area contributed by atoms with Gasteiger partial charge in [0.2, 0.25) is 0 Å². The number of hydrogen-bond donors (Lipinski definition) is 2. The molecule has 0 aliphatic rings. The standard InChI is InChI=1S/C14H13N3O2/c1-10(17-19)11-4-6-13(7-5-11)16-14(18)12-3-2-8-15-9-12/h2-9,19H,1H3,(H,16,18)/b17-10+. The van der Waals surface area contributed by atoms with Crippen molar-refractivity contribution in [2.24, 2.45) is 5.16 Å². The molecule has 2 aromatic rings. The average Bonchev–Trinajstić information content (AvgIpc) is 2.48. The summed E-state index contributed by atoms with van der Waals surface area (Å²) in [6, 6.07) is 10.4. The van der Waals surface area contributed by atoms with Crippen molar-refractivity contribution in [2.75, 3.05) is 5.32 Å².